The van der Waals surface area contributed by atoms with Crippen LogP contribution < -0.4 is 0 Å². The number of rotatable bonds is 4. The summed E-state index contributed by atoms with van der Waals surface area (Å²) in [5.74, 6) is 0. The van der Waals surface area contributed by atoms with Gasteiger partial charge in [-0.25, -0.2) is 8.42 Å². The van der Waals surface area contributed by atoms with Gasteiger partial charge in [-0.05, 0) is 24.4 Å². The number of halogens is 2. The molecule has 0 aliphatic carbocycles. The predicted octanol–water partition coefficient (Wildman–Crippen LogP) is 2.10. The molecular formula is C14H18F2N4O2S2. The van der Waals surface area contributed by atoms with Gasteiger partial charge < -0.3 is 4.57 Å². The fraction of sp³-hybridized carbons (Fsp3) is 0.500. The highest BCUT2D eigenvalue weighted by Gasteiger charge is 2.24. The number of hydrogen-bond acceptors (Lipinski definition) is 4. The third-order valence-corrected chi connectivity index (χ3v) is 5.93. The number of para-hydroxylation sites is 2. The molecule has 6 nitrogen and oxygen atoms in total. The van der Waals surface area contributed by atoms with E-state index in [2.05, 4.69) is 0 Å². The number of nitrogens with zero attached hydrogens (tertiary/aromatic N) is 4. The van der Waals surface area contributed by atoms with Gasteiger partial charge >= 0.3 is 6.55 Å². The first-order chi connectivity index (χ1) is 11.3. The number of benzene rings is 1. The monoisotopic (exact) mass is 376 g/mol. The van der Waals surface area contributed by atoms with Crippen LogP contribution >= 0.6 is 12.2 Å². The summed E-state index contributed by atoms with van der Waals surface area (Å²) >= 11 is 5.23. The second-order valence-electron chi connectivity index (χ2n) is 5.77. The van der Waals surface area contributed by atoms with Gasteiger partial charge in [0.05, 0.1) is 24.0 Å². The van der Waals surface area contributed by atoms with Gasteiger partial charge in [0.15, 0.2) is 4.77 Å². The molecule has 0 bridgehead atoms. The van der Waals surface area contributed by atoms with Crippen LogP contribution in [-0.2, 0) is 16.7 Å². The van der Waals surface area contributed by atoms with Gasteiger partial charge in [-0.2, -0.15) is 13.1 Å². The highest BCUT2D eigenvalue weighted by Crippen LogP contribution is 2.24. The molecule has 0 saturated carbocycles. The van der Waals surface area contributed by atoms with Crippen molar-refractivity contribution in [3.63, 3.8) is 0 Å². The van der Waals surface area contributed by atoms with Crippen molar-refractivity contribution in [2.24, 2.45) is 0 Å². The summed E-state index contributed by atoms with van der Waals surface area (Å²) in [6.45, 7) is -0.507. The Hall–Kier alpha value is -1.36. The molecule has 1 aromatic heterocycles. The van der Waals surface area contributed by atoms with Crippen molar-refractivity contribution >= 4 is 33.3 Å². The van der Waals surface area contributed by atoms with Gasteiger partial charge in [0.1, 0.15) is 0 Å². The van der Waals surface area contributed by atoms with E-state index in [-0.39, 0.29) is 4.77 Å². The summed E-state index contributed by atoms with van der Waals surface area (Å²) in [4.78, 5) is 2.01. The van der Waals surface area contributed by atoms with E-state index in [1.165, 1.54) is 10.6 Å². The molecule has 3 rings (SSSR count). The Labute approximate surface area is 143 Å². The molecule has 1 saturated heterocycles. The molecule has 2 aromatic rings. The number of fused-ring (bicyclic) bond motifs is 1. The summed E-state index contributed by atoms with van der Waals surface area (Å²) < 4.78 is 53.8. The highest BCUT2D eigenvalue weighted by molar-refractivity contribution is 7.88. The smallest absolute Gasteiger partial charge is 0.303 e. The Morgan fingerprint density at radius 2 is 1.71 bits per heavy atom. The van der Waals surface area contributed by atoms with Gasteiger partial charge in [0, 0.05) is 26.2 Å². The van der Waals surface area contributed by atoms with Gasteiger partial charge in [-0.15, -0.1) is 0 Å². The lowest BCUT2D eigenvalue weighted by Crippen LogP contribution is -2.48. The van der Waals surface area contributed by atoms with Crippen molar-refractivity contribution in [1.82, 2.24) is 18.3 Å². The standard InChI is InChI=1S/C14H18F2N4O2S2/c1-24(21,22)18-8-6-17(7-9-18)10-19-11-4-2-3-5-12(11)20(13(15)16)14(19)23/h2-5,13H,6-10H2,1H3. The van der Waals surface area contributed by atoms with Gasteiger partial charge in [0.2, 0.25) is 10.0 Å². The molecule has 0 spiro atoms. The summed E-state index contributed by atoms with van der Waals surface area (Å²) in [7, 11) is -3.20. The van der Waals surface area contributed by atoms with Gasteiger partial charge in [-0.1, -0.05) is 12.1 Å². The maximum atomic E-state index is 13.3. The molecule has 1 aliphatic heterocycles. The van der Waals surface area contributed by atoms with Crippen molar-refractivity contribution in [1.29, 1.82) is 0 Å². The van der Waals surface area contributed by atoms with Crippen molar-refractivity contribution in [3.8, 4) is 0 Å². The zero-order valence-electron chi connectivity index (χ0n) is 13.1. The molecule has 0 unspecified atom stereocenters. The summed E-state index contributed by atoms with van der Waals surface area (Å²) in [6, 6.07) is 6.86. The SMILES string of the molecule is CS(=O)(=O)N1CCN(Cn2c(=S)n(C(F)F)c3ccccc32)CC1. The van der Waals surface area contributed by atoms with E-state index in [0.29, 0.717) is 43.9 Å². The first-order valence-electron chi connectivity index (χ1n) is 7.44. The minimum atomic E-state index is -3.20. The van der Waals surface area contributed by atoms with E-state index in [1.807, 2.05) is 4.90 Å². The maximum absolute atomic E-state index is 13.3. The average Bonchev–Trinajstić information content (AvgIpc) is 2.79. The van der Waals surface area contributed by atoms with Crippen LogP contribution in [0.15, 0.2) is 24.3 Å². The number of sulfonamides is 1. The molecule has 0 radical (unpaired) electrons. The molecule has 1 aliphatic rings. The van der Waals surface area contributed by atoms with Gasteiger partial charge in [0.25, 0.3) is 0 Å². The predicted molar refractivity (Wildman–Crippen MR) is 90.0 cm³/mol. The van der Waals surface area contributed by atoms with E-state index in [1.54, 1.807) is 28.8 Å². The van der Waals surface area contributed by atoms with Crippen molar-refractivity contribution in [2.45, 2.75) is 13.2 Å². The van der Waals surface area contributed by atoms with Crippen molar-refractivity contribution < 1.29 is 17.2 Å². The largest absolute Gasteiger partial charge is 0.321 e. The number of piperazine rings is 1. The van der Waals surface area contributed by atoms with Gasteiger partial charge in [-0.3, -0.25) is 9.47 Å². The average molecular weight is 376 g/mol. The Morgan fingerprint density at radius 3 is 2.25 bits per heavy atom. The molecule has 132 valence electrons. The van der Waals surface area contributed by atoms with Crippen molar-refractivity contribution in [2.75, 3.05) is 32.4 Å². The zero-order valence-corrected chi connectivity index (χ0v) is 14.7. The van der Waals surface area contributed by atoms with E-state index >= 15 is 0 Å². The highest BCUT2D eigenvalue weighted by atomic mass is 32.2. The van der Waals surface area contributed by atoms with Crippen LogP contribution in [0.1, 0.15) is 6.55 Å². The Balaban J connectivity index is 1.87. The lowest BCUT2D eigenvalue weighted by molar-refractivity contribution is 0.0710. The van der Waals surface area contributed by atoms with Crippen LogP contribution in [0.3, 0.4) is 0 Å². The molecule has 2 heterocycles. The Bertz CT molecular complexity index is 899. The van der Waals surface area contributed by atoms with Crippen LogP contribution in [0.4, 0.5) is 8.78 Å². The quantitative estimate of drug-likeness (QED) is 0.767. The summed E-state index contributed by atoms with van der Waals surface area (Å²) in [5.41, 5.74) is 1.04. The second kappa shape index (κ2) is 6.51. The molecule has 0 amide bonds. The zero-order chi connectivity index (χ0) is 17.5. The minimum Gasteiger partial charge on any atom is -0.303 e. The number of imidazole rings is 1. The van der Waals surface area contributed by atoms with E-state index in [0.717, 1.165) is 4.57 Å². The lowest BCUT2D eigenvalue weighted by atomic mass is 10.3. The van der Waals surface area contributed by atoms with Crippen molar-refractivity contribution in [3.05, 3.63) is 29.0 Å². The Kier molecular flexibility index (Phi) is 4.73. The fourth-order valence-corrected chi connectivity index (χ4v) is 4.12. The van der Waals surface area contributed by atoms with Crippen LogP contribution in [-0.4, -0.2) is 59.2 Å². The van der Waals surface area contributed by atoms with E-state index < -0.39 is 16.6 Å². The normalized spacial score (nSPS) is 17.8. The fourth-order valence-electron chi connectivity index (χ4n) is 2.96. The molecule has 1 aromatic carbocycles. The summed E-state index contributed by atoms with van der Waals surface area (Å²) in [5, 5.41) is 0. The molecule has 0 atom stereocenters. The molecule has 24 heavy (non-hydrogen) atoms. The number of hydrogen-bond donors (Lipinski definition) is 0. The van der Waals surface area contributed by atoms with Crippen LogP contribution in [0.2, 0.25) is 0 Å². The molecular weight excluding hydrogens is 358 g/mol. The first-order valence-corrected chi connectivity index (χ1v) is 9.70. The summed E-state index contributed by atoms with van der Waals surface area (Å²) in [6.07, 6.45) is 1.19. The number of alkyl halides is 2. The topological polar surface area (TPSA) is 50.5 Å². The van der Waals surface area contributed by atoms with Crippen LogP contribution in [0.5, 0.6) is 0 Å². The Morgan fingerprint density at radius 1 is 1.12 bits per heavy atom. The minimum absolute atomic E-state index is 0.0664. The molecule has 0 N–H and O–H groups in total. The molecule has 1 fully saturated rings. The first kappa shape index (κ1) is 17.5. The maximum Gasteiger partial charge on any atom is 0.321 e. The third kappa shape index (κ3) is 3.23. The van der Waals surface area contributed by atoms with Crippen LogP contribution in [0.25, 0.3) is 11.0 Å². The van der Waals surface area contributed by atoms with Crippen LogP contribution in [0, 0.1) is 4.77 Å². The molecule has 10 heteroatoms. The lowest BCUT2D eigenvalue weighted by Gasteiger charge is -2.33. The van der Waals surface area contributed by atoms with E-state index in [9.17, 15) is 17.2 Å². The third-order valence-electron chi connectivity index (χ3n) is 4.21. The number of aromatic nitrogens is 2. The van der Waals surface area contributed by atoms with E-state index in [4.69, 9.17) is 12.2 Å². The second-order valence-corrected chi connectivity index (χ2v) is 8.12.